The minimum Gasteiger partial charge on any atom is -0.497 e. The molecule has 0 spiro atoms. The Labute approximate surface area is 89.8 Å². The predicted octanol–water partition coefficient (Wildman–Crippen LogP) is 1.57. The third kappa shape index (κ3) is 1.38. The monoisotopic (exact) mass is 204 g/mol. The number of fused-ring (bicyclic) bond motifs is 3. The average molecular weight is 204 g/mol. The van der Waals surface area contributed by atoms with Crippen molar-refractivity contribution >= 4 is 5.69 Å². The molecular weight excluding hydrogens is 188 g/mol. The zero-order valence-corrected chi connectivity index (χ0v) is 8.92. The van der Waals surface area contributed by atoms with Crippen LogP contribution in [0.5, 0.6) is 5.75 Å². The van der Waals surface area contributed by atoms with Crippen LogP contribution in [0.1, 0.15) is 17.9 Å². The van der Waals surface area contributed by atoms with Gasteiger partial charge in [-0.2, -0.15) is 0 Å². The van der Waals surface area contributed by atoms with Crippen LogP contribution in [0.15, 0.2) is 18.2 Å². The summed E-state index contributed by atoms with van der Waals surface area (Å²) >= 11 is 0. The Bertz CT molecular complexity index is 378. The van der Waals surface area contributed by atoms with E-state index in [9.17, 15) is 0 Å². The molecule has 1 aromatic carbocycles. The third-order valence-electron chi connectivity index (χ3n) is 3.48. The van der Waals surface area contributed by atoms with Gasteiger partial charge in [-0.25, -0.2) is 0 Å². The minimum absolute atomic E-state index is 0.615. The summed E-state index contributed by atoms with van der Waals surface area (Å²) in [7, 11) is 1.72. The van der Waals surface area contributed by atoms with Gasteiger partial charge in [-0.3, -0.25) is 0 Å². The molecule has 0 aromatic heterocycles. The maximum absolute atomic E-state index is 5.27. The van der Waals surface area contributed by atoms with Crippen molar-refractivity contribution in [2.24, 2.45) is 0 Å². The Morgan fingerprint density at radius 1 is 1.40 bits per heavy atom. The zero-order valence-electron chi connectivity index (χ0n) is 8.92. The quantitative estimate of drug-likeness (QED) is 0.728. The molecule has 80 valence electrons. The van der Waals surface area contributed by atoms with Gasteiger partial charge in [0.15, 0.2) is 0 Å². The molecule has 0 saturated carbocycles. The van der Waals surface area contributed by atoms with Gasteiger partial charge in [0.25, 0.3) is 0 Å². The van der Waals surface area contributed by atoms with E-state index in [1.165, 1.54) is 17.7 Å². The first-order chi connectivity index (χ1) is 7.38. The van der Waals surface area contributed by atoms with E-state index in [1.54, 1.807) is 7.11 Å². The molecule has 3 rings (SSSR count). The van der Waals surface area contributed by atoms with Crippen LogP contribution in [0, 0.1) is 0 Å². The number of nitrogens with one attached hydrogen (secondary N) is 2. The van der Waals surface area contributed by atoms with E-state index >= 15 is 0 Å². The lowest BCUT2D eigenvalue weighted by molar-refractivity contribution is 0.411. The smallest absolute Gasteiger partial charge is 0.119 e. The standard InChI is InChI=1S/C12H16N2O/c1-15-8-2-3-11-9(6-8)10-7-13-5-4-12(10)14-11/h2-3,6,10,12-14H,4-5,7H2,1H3. The lowest BCUT2D eigenvalue weighted by atomic mass is 9.90. The number of piperidine rings is 1. The molecule has 2 heterocycles. The lowest BCUT2D eigenvalue weighted by Crippen LogP contribution is -2.38. The number of rotatable bonds is 1. The molecule has 3 nitrogen and oxygen atoms in total. The fourth-order valence-corrected chi connectivity index (χ4v) is 2.66. The predicted molar refractivity (Wildman–Crippen MR) is 60.6 cm³/mol. The molecule has 2 aliphatic heterocycles. The fourth-order valence-electron chi connectivity index (χ4n) is 2.66. The van der Waals surface area contributed by atoms with Crippen LogP contribution in [0.2, 0.25) is 0 Å². The Balaban J connectivity index is 1.98. The van der Waals surface area contributed by atoms with Crippen molar-refractivity contribution in [1.82, 2.24) is 5.32 Å². The highest BCUT2D eigenvalue weighted by molar-refractivity contribution is 5.62. The first kappa shape index (κ1) is 9.04. The summed E-state index contributed by atoms with van der Waals surface area (Å²) in [4.78, 5) is 0. The van der Waals surface area contributed by atoms with Crippen LogP contribution < -0.4 is 15.4 Å². The number of anilines is 1. The van der Waals surface area contributed by atoms with Crippen molar-refractivity contribution in [3.8, 4) is 5.75 Å². The SMILES string of the molecule is COc1ccc2c(c1)C1CNCCC1N2. The molecule has 2 unspecified atom stereocenters. The number of hydrogen-bond donors (Lipinski definition) is 2. The largest absolute Gasteiger partial charge is 0.497 e. The average Bonchev–Trinajstić information content (AvgIpc) is 2.66. The summed E-state index contributed by atoms with van der Waals surface area (Å²) in [6, 6.07) is 6.94. The van der Waals surface area contributed by atoms with E-state index < -0.39 is 0 Å². The van der Waals surface area contributed by atoms with Crippen LogP contribution >= 0.6 is 0 Å². The molecule has 0 radical (unpaired) electrons. The van der Waals surface area contributed by atoms with Gasteiger partial charge in [0, 0.05) is 24.2 Å². The van der Waals surface area contributed by atoms with Crippen molar-refractivity contribution in [2.75, 3.05) is 25.5 Å². The number of benzene rings is 1. The summed E-state index contributed by atoms with van der Waals surface area (Å²) in [5, 5.41) is 7.05. The summed E-state index contributed by atoms with van der Waals surface area (Å²) in [6.45, 7) is 2.21. The molecule has 0 aliphatic carbocycles. The first-order valence-electron chi connectivity index (χ1n) is 5.53. The molecule has 1 aromatic rings. The Morgan fingerprint density at radius 2 is 2.33 bits per heavy atom. The Morgan fingerprint density at radius 3 is 3.20 bits per heavy atom. The molecule has 1 saturated heterocycles. The van der Waals surface area contributed by atoms with Gasteiger partial charge >= 0.3 is 0 Å². The Kier molecular flexibility index (Phi) is 2.06. The molecule has 0 bridgehead atoms. The van der Waals surface area contributed by atoms with E-state index in [2.05, 4.69) is 22.8 Å². The van der Waals surface area contributed by atoms with E-state index in [-0.39, 0.29) is 0 Å². The van der Waals surface area contributed by atoms with Crippen molar-refractivity contribution in [1.29, 1.82) is 0 Å². The second kappa shape index (κ2) is 3.42. The van der Waals surface area contributed by atoms with Gasteiger partial charge in [0.05, 0.1) is 7.11 Å². The van der Waals surface area contributed by atoms with E-state index in [4.69, 9.17) is 4.74 Å². The zero-order chi connectivity index (χ0) is 10.3. The number of hydrogen-bond acceptors (Lipinski definition) is 3. The highest BCUT2D eigenvalue weighted by atomic mass is 16.5. The molecule has 0 amide bonds. The van der Waals surface area contributed by atoms with Crippen LogP contribution in [-0.2, 0) is 0 Å². The fraction of sp³-hybridized carbons (Fsp3) is 0.500. The van der Waals surface area contributed by atoms with Crippen LogP contribution in [0.3, 0.4) is 0 Å². The van der Waals surface area contributed by atoms with Crippen LogP contribution in [0.4, 0.5) is 5.69 Å². The highest BCUT2D eigenvalue weighted by Crippen LogP contribution is 2.39. The second-order valence-corrected chi connectivity index (χ2v) is 4.30. The molecule has 2 atom stereocenters. The van der Waals surface area contributed by atoms with Crippen molar-refractivity contribution < 1.29 is 4.74 Å². The molecule has 1 fully saturated rings. The summed E-state index contributed by atoms with van der Waals surface area (Å²) in [6.07, 6.45) is 1.21. The molecule has 3 heteroatoms. The highest BCUT2D eigenvalue weighted by Gasteiger charge is 2.33. The van der Waals surface area contributed by atoms with Gasteiger partial charge < -0.3 is 15.4 Å². The number of methoxy groups -OCH3 is 1. The van der Waals surface area contributed by atoms with Crippen LogP contribution in [0.25, 0.3) is 0 Å². The minimum atomic E-state index is 0.615. The van der Waals surface area contributed by atoms with Crippen molar-refractivity contribution in [2.45, 2.75) is 18.4 Å². The normalized spacial score (nSPS) is 27.8. The lowest BCUT2D eigenvalue weighted by Gasteiger charge is -2.26. The van der Waals surface area contributed by atoms with Gasteiger partial charge in [0.2, 0.25) is 0 Å². The summed E-state index contributed by atoms with van der Waals surface area (Å²) < 4.78 is 5.27. The van der Waals surface area contributed by atoms with Crippen molar-refractivity contribution in [3.05, 3.63) is 23.8 Å². The molecule has 2 N–H and O–H groups in total. The number of ether oxygens (including phenoxy) is 1. The molecule has 2 aliphatic rings. The van der Waals surface area contributed by atoms with Crippen LogP contribution in [-0.4, -0.2) is 26.2 Å². The van der Waals surface area contributed by atoms with Gasteiger partial charge in [-0.1, -0.05) is 0 Å². The molecule has 15 heavy (non-hydrogen) atoms. The van der Waals surface area contributed by atoms with Gasteiger partial charge in [-0.15, -0.1) is 0 Å². The Hall–Kier alpha value is -1.22. The summed E-state index contributed by atoms with van der Waals surface area (Å²) in [5.74, 6) is 1.57. The van der Waals surface area contributed by atoms with Gasteiger partial charge in [-0.05, 0) is 36.7 Å². The van der Waals surface area contributed by atoms with E-state index in [0.29, 0.717) is 12.0 Å². The maximum Gasteiger partial charge on any atom is 0.119 e. The van der Waals surface area contributed by atoms with Gasteiger partial charge in [0.1, 0.15) is 5.75 Å². The molecular formula is C12H16N2O. The maximum atomic E-state index is 5.27. The third-order valence-corrected chi connectivity index (χ3v) is 3.48. The first-order valence-corrected chi connectivity index (χ1v) is 5.53. The second-order valence-electron chi connectivity index (χ2n) is 4.30. The van der Waals surface area contributed by atoms with E-state index in [0.717, 1.165) is 18.8 Å². The van der Waals surface area contributed by atoms with Crippen molar-refractivity contribution in [3.63, 3.8) is 0 Å². The van der Waals surface area contributed by atoms with E-state index in [1.807, 2.05) is 6.07 Å². The topological polar surface area (TPSA) is 33.3 Å². The summed E-state index contributed by atoms with van der Waals surface area (Å²) in [5.41, 5.74) is 2.70.